The van der Waals surface area contributed by atoms with Gasteiger partial charge in [-0.2, -0.15) is 5.10 Å². The van der Waals surface area contributed by atoms with Gasteiger partial charge < -0.3 is 24.4 Å². The largest absolute Gasteiger partial charge is 0.493 e. The molecule has 2 aromatic carbocycles. The quantitative estimate of drug-likeness (QED) is 0.408. The molecule has 0 spiro atoms. The summed E-state index contributed by atoms with van der Waals surface area (Å²) in [7, 11) is 1.55. The van der Waals surface area contributed by atoms with Crippen LogP contribution in [0.3, 0.4) is 0 Å². The molecular formula is C25H28F3N3O5. The first-order valence-corrected chi connectivity index (χ1v) is 11.4. The summed E-state index contributed by atoms with van der Waals surface area (Å²) in [6.07, 6.45) is 2.70. The van der Waals surface area contributed by atoms with Crippen LogP contribution in [-0.4, -0.2) is 70.0 Å². The van der Waals surface area contributed by atoms with Crippen molar-refractivity contribution < 1.29 is 37.6 Å². The highest BCUT2D eigenvalue weighted by atomic mass is 19.2. The summed E-state index contributed by atoms with van der Waals surface area (Å²) in [6, 6.07) is 8.76. The standard InChI is InChI=1S/C25H28F3N3O5/c1-34-22-11-17(3-4-21(22)35-10-9-31-7-2-6-29-31)14-30-8-5-23(32)25(33,15-30)16-36-18-12-19(26)24(28)20(27)13-18/h2-4,6-7,11-13,23,32-33H,5,8-10,14-16H2,1H3/t23-,25-/m0/s1. The van der Waals surface area contributed by atoms with Gasteiger partial charge in [0.25, 0.3) is 0 Å². The van der Waals surface area contributed by atoms with Crippen LogP contribution in [0.25, 0.3) is 0 Å². The summed E-state index contributed by atoms with van der Waals surface area (Å²) >= 11 is 0. The van der Waals surface area contributed by atoms with E-state index in [1.165, 1.54) is 0 Å². The summed E-state index contributed by atoms with van der Waals surface area (Å²) in [5.74, 6) is -3.53. The Morgan fingerprint density at radius 1 is 1.11 bits per heavy atom. The van der Waals surface area contributed by atoms with E-state index in [1.54, 1.807) is 18.0 Å². The van der Waals surface area contributed by atoms with E-state index < -0.39 is 35.8 Å². The second-order valence-corrected chi connectivity index (χ2v) is 8.71. The van der Waals surface area contributed by atoms with Gasteiger partial charge in [-0.1, -0.05) is 6.07 Å². The number of halogens is 3. The van der Waals surface area contributed by atoms with E-state index in [0.717, 1.165) is 5.56 Å². The Morgan fingerprint density at radius 3 is 2.58 bits per heavy atom. The Hall–Kier alpha value is -3.28. The van der Waals surface area contributed by atoms with Crippen LogP contribution in [0.5, 0.6) is 17.2 Å². The highest BCUT2D eigenvalue weighted by Crippen LogP contribution is 2.30. The SMILES string of the molecule is COc1cc(CN2CC[C@H](O)[C@@](O)(COc3cc(F)c(F)c(F)c3)C2)ccc1OCCn1cccn1. The molecule has 0 saturated carbocycles. The molecule has 2 N–H and O–H groups in total. The van der Waals surface area contributed by atoms with E-state index in [-0.39, 0.29) is 18.7 Å². The average Bonchev–Trinajstić information content (AvgIpc) is 3.38. The lowest BCUT2D eigenvalue weighted by atomic mass is 9.90. The molecule has 36 heavy (non-hydrogen) atoms. The van der Waals surface area contributed by atoms with E-state index >= 15 is 0 Å². The zero-order chi connectivity index (χ0) is 25.7. The van der Waals surface area contributed by atoms with Crippen LogP contribution in [0.1, 0.15) is 12.0 Å². The number of likely N-dealkylation sites (tertiary alicyclic amines) is 1. The van der Waals surface area contributed by atoms with Gasteiger partial charge in [0.15, 0.2) is 29.0 Å². The van der Waals surface area contributed by atoms with Crippen LogP contribution in [0.4, 0.5) is 13.2 Å². The van der Waals surface area contributed by atoms with Gasteiger partial charge in [0.05, 0.1) is 19.8 Å². The highest BCUT2D eigenvalue weighted by Gasteiger charge is 2.42. The first kappa shape index (κ1) is 25.8. The molecule has 4 rings (SSSR count). The summed E-state index contributed by atoms with van der Waals surface area (Å²) in [5.41, 5.74) is -0.798. The molecule has 0 bridgehead atoms. The molecule has 8 nitrogen and oxygen atoms in total. The number of aliphatic hydroxyl groups is 2. The number of aromatic nitrogens is 2. The summed E-state index contributed by atoms with van der Waals surface area (Å²) in [6.45, 7) is 1.57. The second-order valence-electron chi connectivity index (χ2n) is 8.71. The van der Waals surface area contributed by atoms with Crippen molar-refractivity contribution >= 4 is 0 Å². The number of hydrogen-bond donors (Lipinski definition) is 2. The van der Waals surface area contributed by atoms with Crippen molar-refractivity contribution in [1.29, 1.82) is 0 Å². The molecule has 1 saturated heterocycles. The number of aliphatic hydroxyl groups excluding tert-OH is 1. The lowest BCUT2D eigenvalue weighted by molar-refractivity contribution is -0.140. The Labute approximate surface area is 206 Å². The van der Waals surface area contributed by atoms with Gasteiger partial charge in [-0.15, -0.1) is 0 Å². The Balaban J connectivity index is 1.36. The van der Waals surface area contributed by atoms with Crippen molar-refractivity contribution in [3.63, 3.8) is 0 Å². The molecular weight excluding hydrogens is 479 g/mol. The molecule has 1 aromatic heterocycles. The van der Waals surface area contributed by atoms with Crippen LogP contribution < -0.4 is 14.2 Å². The molecule has 0 unspecified atom stereocenters. The van der Waals surface area contributed by atoms with Crippen molar-refractivity contribution in [3.05, 3.63) is 71.8 Å². The third-order valence-electron chi connectivity index (χ3n) is 6.05. The molecule has 1 aliphatic rings. The van der Waals surface area contributed by atoms with Crippen LogP contribution >= 0.6 is 0 Å². The van der Waals surface area contributed by atoms with Crippen LogP contribution in [0, 0.1) is 17.5 Å². The third-order valence-corrected chi connectivity index (χ3v) is 6.05. The van der Waals surface area contributed by atoms with Crippen molar-refractivity contribution in [2.75, 3.05) is 33.4 Å². The maximum atomic E-state index is 13.5. The van der Waals surface area contributed by atoms with Gasteiger partial charge in [0.1, 0.15) is 24.6 Å². The van der Waals surface area contributed by atoms with E-state index in [9.17, 15) is 23.4 Å². The van der Waals surface area contributed by atoms with Gasteiger partial charge in [-0.3, -0.25) is 9.58 Å². The fraction of sp³-hybridized carbons (Fsp3) is 0.400. The lowest BCUT2D eigenvalue weighted by Crippen LogP contribution is -2.59. The Morgan fingerprint density at radius 2 is 1.89 bits per heavy atom. The zero-order valence-electron chi connectivity index (χ0n) is 19.7. The van der Waals surface area contributed by atoms with Crippen molar-refractivity contribution in [2.45, 2.75) is 31.2 Å². The van der Waals surface area contributed by atoms with E-state index in [0.29, 0.717) is 49.9 Å². The maximum Gasteiger partial charge on any atom is 0.194 e. The summed E-state index contributed by atoms with van der Waals surface area (Å²) in [4.78, 5) is 1.93. The van der Waals surface area contributed by atoms with Crippen LogP contribution in [0.15, 0.2) is 48.8 Å². The van der Waals surface area contributed by atoms with Crippen LogP contribution in [0.2, 0.25) is 0 Å². The number of hydrogen-bond acceptors (Lipinski definition) is 7. The predicted octanol–water partition coefficient (Wildman–Crippen LogP) is 2.76. The first-order valence-electron chi connectivity index (χ1n) is 11.4. The van der Waals surface area contributed by atoms with Crippen molar-refractivity contribution in [3.8, 4) is 17.2 Å². The average molecular weight is 508 g/mol. The number of benzene rings is 2. The number of rotatable bonds is 10. The zero-order valence-corrected chi connectivity index (χ0v) is 19.7. The molecule has 0 radical (unpaired) electrons. The molecule has 0 aliphatic carbocycles. The molecule has 2 atom stereocenters. The maximum absolute atomic E-state index is 13.5. The Kier molecular flexibility index (Phi) is 8.02. The van der Waals surface area contributed by atoms with Crippen LogP contribution in [-0.2, 0) is 13.1 Å². The van der Waals surface area contributed by atoms with Crippen molar-refractivity contribution in [2.24, 2.45) is 0 Å². The van der Waals surface area contributed by atoms with Gasteiger partial charge in [0, 0.05) is 44.2 Å². The molecule has 1 fully saturated rings. The van der Waals surface area contributed by atoms with E-state index in [4.69, 9.17) is 14.2 Å². The summed E-state index contributed by atoms with van der Waals surface area (Å²) < 4.78 is 58.5. The van der Waals surface area contributed by atoms with E-state index in [2.05, 4.69) is 5.10 Å². The fourth-order valence-electron chi connectivity index (χ4n) is 4.12. The minimum absolute atomic E-state index is 0.0464. The number of methoxy groups -OCH3 is 1. The van der Waals surface area contributed by atoms with Gasteiger partial charge in [-0.25, -0.2) is 13.2 Å². The van der Waals surface area contributed by atoms with E-state index in [1.807, 2.05) is 35.4 Å². The topological polar surface area (TPSA) is 89.2 Å². The molecule has 1 aliphatic heterocycles. The molecule has 11 heteroatoms. The molecule has 2 heterocycles. The minimum Gasteiger partial charge on any atom is -0.493 e. The smallest absolute Gasteiger partial charge is 0.194 e. The number of nitrogens with zero attached hydrogens (tertiary/aromatic N) is 3. The fourth-order valence-corrected chi connectivity index (χ4v) is 4.12. The third kappa shape index (κ3) is 6.10. The molecule has 3 aromatic rings. The monoisotopic (exact) mass is 507 g/mol. The molecule has 194 valence electrons. The van der Waals surface area contributed by atoms with Gasteiger partial charge in [-0.05, 0) is 30.2 Å². The predicted molar refractivity (Wildman–Crippen MR) is 123 cm³/mol. The summed E-state index contributed by atoms with van der Waals surface area (Å²) in [5, 5.41) is 25.6. The normalized spacial score (nSPS) is 20.3. The number of ether oxygens (including phenoxy) is 3. The number of β-amino-alcohol motifs (C(OH)–C–C–N with tert-alkyl or cyclic N) is 1. The molecule has 0 amide bonds. The van der Waals surface area contributed by atoms with Gasteiger partial charge >= 0.3 is 0 Å². The van der Waals surface area contributed by atoms with Gasteiger partial charge in [0.2, 0.25) is 0 Å². The first-order chi connectivity index (χ1) is 17.3. The van der Waals surface area contributed by atoms with Crippen molar-refractivity contribution in [1.82, 2.24) is 14.7 Å². The Bertz CT molecular complexity index is 1140. The highest BCUT2D eigenvalue weighted by molar-refractivity contribution is 5.43. The lowest BCUT2D eigenvalue weighted by Gasteiger charge is -2.42. The number of piperidine rings is 1. The second kappa shape index (κ2) is 11.2. The minimum atomic E-state index is -1.70.